The number of benzene rings is 1. The molecular weight excluding hydrogens is 283 g/mol. The number of halogens is 1. The lowest BCUT2D eigenvalue weighted by Crippen LogP contribution is -2.33. The van der Waals surface area contributed by atoms with E-state index in [1.54, 1.807) is 6.07 Å². The van der Waals surface area contributed by atoms with E-state index in [9.17, 15) is 9.18 Å². The lowest BCUT2D eigenvalue weighted by Gasteiger charge is -2.10. The Morgan fingerprint density at radius 3 is 3.18 bits per heavy atom. The van der Waals surface area contributed by atoms with Crippen molar-refractivity contribution in [3.8, 4) is 0 Å². The van der Waals surface area contributed by atoms with Crippen molar-refractivity contribution in [2.45, 2.75) is 31.7 Å². The Bertz CT molecular complexity index is 676. The van der Waals surface area contributed by atoms with E-state index < -0.39 is 0 Å². The minimum atomic E-state index is -0.283. The number of nitrogens with one attached hydrogen (secondary N) is 2. The van der Waals surface area contributed by atoms with E-state index in [1.807, 2.05) is 11.6 Å². The van der Waals surface area contributed by atoms with Crippen LogP contribution in [0.2, 0.25) is 0 Å². The highest BCUT2D eigenvalue weighted by molar-refractivity contribution is 5.77. The first-order valence-electron chi connectivity index (χ1n) is 7.74. The molecule has 6 heteroatoms. The summed E-state index contributed by atoms with van der Waals surface area (Å²) in [4.78, 5) is 16.3. The van der Waals surface area contributed by atoms with Crippen molar-refractivity contribution >= 4 is 16.9 Å². The number of amides is 1. The Morgan fingerprint density at radius 2 is 2.41 bits per heavy atom. The zero-order valence-electron chi connectivity index (χ0n) is 12.7. The van der Waals surface area contributed by atoms with Gasteiger partial charge in [0.2, 0.25) is 5.91 Å². The molecule has 1 unspecified atom stereocenters. The highest BCUT2D eigenvalue weighted by atomic mass is 19.1. The summed E-state index contributed by atoms with van der Waals surface area (Å²) in [5.41, 5.74) is 1.55. The Labute approximate surface area is 128 Å². The normalized spacial score (nSPS) is 18.0. The van der Waals surface area contributed by atoms with E-state index in [1.165, 1.54) is 12.1 Å². The molecule has 0 spiro atoms. The third-order valence-corrected chi connectivity index (χ3v) is 4.20. The van der Waals surface area contributed by atoms with Crippen LogP contribution in [0.3, 0.4) is 0 Å². The van der Waals surface area contributed by atoms with E-state index in [-0.39, 0.29) is 11.7 Å². The second kappa shape index (κ2) is 6.44. The van der Waals surface area contributed by atoms with Gasteiger partial charge in [-0.2, -0.15) is 0 Å². The molecular formula is C16H21FN4O. The molecule has 118 valence electrons. The second-order valence-corrected chi connectivity index (χ2v) is 5.82. The SMILES string of the molecule is Cn1c(CCNC(=O)CC2CCCN2)nc2cc(F)ccc21. The predicted octanol–water partition coefficient (Wildman–Crippen LogP) is 1.51. The molecule has 1 aromatic carbocycles. The molecule has 1 amide bonds. The van der Waals surface area contributed by atoms with Crippen LogP contribution in [-0.4, -0.2) is 34.6 Å². The molecule has 1 aromatic heterocycles. The van der Waals surface area contributed by atoms with Gasteiger partial charge in [-0.05, 0) is 31.5 Å². The fourth-order valence-corrected chi connectivity index (χ4v) is 2.99. The van der Waals surface area contributed by atoms with E-state index in [2.05, 4.69) is 15.6 Å². The number of aromatic nitrogens is 2. The van der Waals surface area contributed by atoms with Gasteiger partial charge < -0.3 is 15.2 Å². The van der Waals surface area contributed by atoms with E-state index in [0.29, 0.717) is 30.9 Å². The van der Waals surface area contributed by atoms with Crippen LogP contribution >= 0.6 is 0 Å². The summed E-state index contributed by atoms with van der Waals surface area (Å²) in [5.74, 6) is 0.638. The highest BCUT2D eigenvalue weighted by Gasteiger charge is 2.17. The summed E-state index contributed by atoms with van der Waals surface area (Å²) in [6.07, 6.45) is 3.39. The Morgan fingerprint density at radius 1 is 1.55 bits per heavy atom. The average molecular weight is 304 g/mol. The quantitative estimate of drug-likeness (QED) is 0.880. The summed E-state index contributed by atoms with van der Waals surface area (Å²) in [6.45, 7) is 1.56. The molecule has 0 radical (unpaired) electrons. The van der Waals surface area contributed by atoms with E-state index in [4.69, 9.17) is 0 Å². The number of hydrogen-bond donors (Lipinski definition) is 2. The van der Waals surface area contributed by atoms with Crippen molar-refractivity contribution in [3.63, 3.8) is 0 Å². The van der Waals surface area contributed by atoms with Crippen molar-refractivity contribution in [2.24, 2.45) is 7.05 Å². The second-order valence-electron chi connectivity index (χ2n) is 5.82. The molecule has 1 saturated heterocycles. The van der Waals surface area contributed by atoms with Gasteiger partial charge in [0.1, 0.15) is 11.6 Å². The van der Waals surface area contributed by atoms with Gasteiger partial charge in [0, 0.05) is 38.5 Å². The minimum absolute atomic E-state index is 0.0733. The minimum Gasteiger partial charge on any atom is -0.356 e. The maximum absolute atomic E-state index is 13.2. The van der Waals surface area contributed by atoms with Gasteiger partial charge in [-0.25, -0.2) is 9.37 Å². The lowest BCUT2D eigenvalue weighted by molar-refractivity contribution is -0.121. The van der Waals surface area contributed by atoms with E-state index in [0.717, 1.165) is 30.7 Å². The third kappa shape index (κ3) is 3.27. The summed E-state index contributed by atoms with van der Waals surface area (Å²) >= 11 is 0. The van der Waals surface area contributed by atoms with Crippen LogP contribution in [0.1, 0.15) is 25.1 Å². The van der Waals surface area contributed by atoms with Crippen LogP contribution in [0.25, 0.3) is 11.0 Å². The molecule has 5 nitrogen and oxygen atoms in total. The zero-order chi connectivity index (χ0) is 15.5. The number of aryl methyl sites for hydroxylation is 1. The fraction of sp³-hybridized carbons (Fsp3) is 0.500. The lowest BCUT2D eigenvalue weighted by atomic mass is 10.1. The summed E-state index contributed by atoms with van der Waals surface area (Å²) < 4.78 is 15.2. The van der Waals surface area contributed by atoms with Crippen molar-refractivity contribution in [3.05, 3.63) is 29.8 Å². The van der Waals surface area contributed by atoms with Gasteiger partial charge in [-0.3, -0.25) is 4.79 Å². The van der Waals surface area contributed by atoms with Crippen LogP contribution in [0.5, 0.6) is 0 Å². The monoisotopic (exact) mass is 304 g/mol. The number of carbonyl (C=O) groups excluding carboxylic acids is 1. The maximum Gasteiger partial charge on any atom is 0.221 e. The Balaban J connectivity index is 1.55. The molecule has 0 saturated carbocycles. The summed E-state index contributed by atoms with van der Waals surface area (Å²) in [7, 11) is 1.91. The van der Waals surface area contributed by atoms with Gasteiger partial charge in [0.25, 0.3) is 0 Å². The average Bonchev–Trinajstić information content (AvgIpc) is 3.08. The largest absolute Gasteiger partial charge is 0.356 e. The third-order valence-electron chi connectivity index (χ3n) is 4.20. The molecule has 1 aliphatic heterocycles. The van der Waals surface area contributed by atoms with Crippen LogP contribution in [0.15, 0.2) is 18.2 Å². The van der Waals surface area contributed by atoms with Crippen LogP contribution < -0.4 is 10.6 Å². The number of hydrogen-bond acceptors (Lipinski definition) is 3. The number of nitrogens with zero attached hydrogens (tertiary/aromatic N) is 2. The molecule has 1 atom stereocenters. The Hall–Kier alpha value is -1.95. The molecule has 1 fully saturated rings. The van der Waals surface area contributed by atoms with Gasteiger partial charge in [-0.15, -0.1) is 0 Å². The van der Waals surface area contributed by atoms with Crippen LogP contribution in [0, 0.1) is 5.82 Å². The molecule has 2 heterocycles. The molecule has 22 heavy (non-hydrogen) atoms. The number of imidazole rings is 1. The number of rotatable bonds is 5. The molecule has 0 aliphatic carbocycles. The van der Waals surface area contributed by atoms with Crippen LogP contribution in [0.4, 0.5) is 4.39 Å². The molecule has 0 bridgehead atoms. The van der Waals surface area contributed by atoms with Gasteiger partial charge >= 0.3 is 0 Å². The number of carbonyl (C=O) groups is 1. The van der Waals surface area contributed by atoms with E-state index >= 15 is 0 Å². The molecule has 2 N–H and O–H groups in total. The van der Waals surface area contributed by atoms with Gasteiger partial charge in [0.05, 0.1) is 11.0 Å². The molecule has 2 aromatic rings. The van der Waals surface area contributed by atoms with Gasteiger partial charge in [0.15, 0.2) is 0 Å². The standard InChI is InChI=1S/C16H21FN4O/c1-21-14-5-4-11(17)9-13(14)20-15(21)6-8-19-16(22)10-12-3-2-7-18-12/h4-5,9,12,18H,2-3,6-8,10H2,1H3,(H,19,22). The molecule has 3 rings (SSSR count). The number of fused-ring (bicyclic) bond motifs is 1. The van der Waals surface area contributed by atoms with Crippen molar-refractivity contribution in [1.29, 1.82) is 0 Å². The van der Waals surface area contributed by atoms with Crippen LogP contribution in [-0.2, 0) is 18.3 Å². The first kappa shape index (κ1) is 15.0. The van der Waals surface area contributed by atoms with Gasteiger partial charge in [-0.1, -0.05) is 0 Å². The maximum atomic E-state index is 13.2. The highest BCUT2D eigenvalue weighted by Crippen LogP contribution is 2.16. The summed E-state index contributed by atoms with van der Waals surface area (Å²) in [5, 5.41) is 6.25. The molecule has 1 aliphatic rings. The van der Waals surface area contributed by atoms with Crippen molar-refractivity contribution in [1.82, 2.24) is 20.2 Å². The fourth-order valence-electron chi connectivity index (χ4n) is 2.99. The summed E-state index contributed by atoms with van der Waals surface area (Å²) in [6, 6.07) is 4.91. The predicted molar refractivity (Wildman–Crippen MR) is 83.0 cm³/mol. The first-order valence-corrected chi connectivity index (χ1v) is 7.74. The van der Waals surface area contributed by atoms with Crippen molar-refractivity contribution in [2.75, 3.05) is 13.1 Å². The first-order chi connectivity index (χ1) is 10.6. The zero-order valence-corrected chi connectivity index (χ0v) is 12.7. The topological polar surface area (TPSA) is 59.0 Å². The smallest absolute Gasteiger partial charge is 0.221 e. The Kier molecular flexibility index (Phi) is 4.38. The van der Waals surface area contributed by atoms with Crippen molar-refractivity contribution < 1.29 is 9.18 Å².